The van der Waals surface area contributed by atoms with Gasteiger partial charge in [0.1, 0.15) is 0 Å². The summed E-state index contributed by atoms with van der Waals surface area (Å²) < 4.78 is 0. The number of aliphatic carboxylic acids is 4. The van der Waals surface area contributed by atoms with Gasteiger partial charge >= 0.3 is 23.9 Å². The highest BCUT2D eigenvalue weighted by Gasteiger charge is 2.27. The van der Waals surface area contributed by atoms with Crippen molar-refractivity contribution in [1.29, 1.82) is 0 Å². The number of carboxylic acids is 4. The molecule has 9 nitrogen and oxygen atoms in total. The van der Waals surface area contributed by atoms with E-state index < -0.39 is 55.9 Å². The van der Waals surface area contributed by atoms with Crippen LogP contribution in [0.1, 0.15) is 12.8 Å². The van der Waals surface area contributed by atoms with Crippen molar-refractivity contribution in [3.8, 4) is 0 Å². The highest BCUT2D eigenvalue weighted by Crippen LogP contribution is 2.09. The highest BCUT2D eigenvalue weighted by molar-refractivity contribution is 5.75. The van der Waals surface area contributed by atoms with Gasteiger partial charge in [-0.2, -0.15) is 0 Å². The molecule has 0 amide bonds. The smallest absolute Gasteiger partial charge is 0.317 e. The summed E-state index contributed by atoms with van der Waals surface area (Å²) in [6.07, 6.45) is -1.29. The Morgan fingerprint density at radius 2 is 1.06 bits per heavy atom. The van der Waals surface area contributed by atoms with Crippen LogP contribution in [0.2, 0.25) is 0 Å². The molecule has 0 saturated heterocycles. The Labute approximate surface area is 101 Å². The van der Waals surface area contributed by atoms with Crippen LogP contribution in [0.4, 0.5) is 0 Å². The maximum Gasteiger partial charge on any atom is 0.317 e. The summed E-state index contributed by atoms with van der Waals surface area (Å²) in [5.41, 5.74) is 0. The second-order valence-corrected chi connectivity index (χ2v) is 3.54. The molecule has 0 heterocycles. The van der Waals surface area contributed by atoms with E-state index in [-0.39, 0.29) is 0 Å². The van der Waals surface area contributed by atoms with Crippen molar-refractivity contribution in [3.05, 3.63) is 0 Å². The van der Waals surface area contributed by atoms with Crippen LogP contribution < -0.4 is 0 Å². The average molecular weight is 263 g/mol. The molecule has 0 fully saturated rings. The quantitative estimate of drug-likeness (QED) is 0.400. The molecule has 9 heteroatoms. The summed E-state index contributed by atoms with van der Waals surface area (Å²) in [5, 5.41) is 34.4. The first kappa shape index (κ1) is 15.8. The third kappa shape index (κ3) is 7.17. The van der Waals surface area contributed by atoms with Crippen molar-refractivity contribution < 1.29 is 39.6 Å². The Morgan fingerprint density at radius 3 is 1.28 bits per heavy atom. The molecule has 0 aromatic heterocycles. The Bertz CT molecular complexity index is 286. The lowest BCUT2D eigenvalue weighted by molar-refractivity contribution is -0.149. The third-order valence-corrected chi connectivity index (χ3v) is 2.01. The van der Waals surface area contributed by atoms with E-state index in [1.807, 2.05) is 0 Å². The van der Waals surface area contributed by atoms with Crippen LogP contribution in [0.3, 0.4) is 0 Å². The predicted molar refractivity (Wildman–Crippen MR) is 55.1 cm³/mol. The van der Waals surface area contributed by atoms with Crippen molar-refractivity contribution in [1.82, 2.24) is 4.90 Å². The van der Waals surface area contributed by atoms with E-state index in [1.54, 1.807) is 0 Å². The molecule has 0 atom stereocenters. The van der Waals surface area contributed by atoms with Crippen molar-refractivity contribution in [2.45, 2.75) is 18.9 Å². The van der Waals surface area contributed by atoms with E-state index in [4.69, 9.17) is 20.4 Å². The molecule has 4 N–H and O–H groups in total. The van der Waals surface area contributed by atoms with E-state index in [0.717, 1.165) is 4.90 Å². The minimum Gasteiger partial charge on any atom is -0.481 e. The van der Waals surface area contributed by atoms with Crippen LogP contribution in [0, 0.1) is 0 Å². The first-order chi connectivity index (χ1) is 8.22. The highest BCUT2D eigenvalue weighted by atomic mass is 16.4. The van der Waals surface area contributed by atoms with Gasteiger partial charge in [-0.05, 0) is 0 Å². The number of hydrogen-bond donors (Lipinski definition) is 4. The molecule has 0 aliphatic heterocycles. The first-order valence-electron chi connectivity index (χ1n) is 4.83. The largest absolute Gasteiger partial charge is 0.481 e. The van der Waals surface area contributed by atoms with Gasteiger partial charge in [0, 0.05) is 6.04 Å². The fourth-order valence-electron chi connectivity index (χ4n) is 1.40. The van der Waals surface area contributed by atoms with Gasteiger partial charge in [-0.25, -0.2) is 0 Å². The molecule has 0 aliphatic carbocycles. The summed E-state index contributed by atoms with van der Waals surface area (Å²) >= 11 is 0. The number of carbonyl (C=O) groups is 4. The zero-order chi connectivity index (χ0) is 14.3. The first-order valence-corrected chi connectivity index (χ1v) is 4.83. The van der Waals surface area contributed by atoms with Gasteiger partial charge in [0.2, 0.25) is 0 Å². The van der Waals surface area contributed by atoms with Gasteiger partial charge in [0.15, 0.2) is 0 Å². The topological polar surface area (TPSA) is 152 Å². The van der Waals surface area contributed by atoms with Crippen LogP contribution in [0.15, 0.2) is 0 Å². The summed E-state index contributed by atoms with van der Waals surface area (Å²) in [6, 6.07) is -1.19. The zero-order valence-corrected chi connectivity index (χ0v) is 9.27. The second-order valence-electron chi connectivity index (χ2n) is 3.54. The average Bonchev–Trinajstić information content (AvgIpc) is 2.12. The zero-order valence-electron chi connectivity index (χ0n) is 9.27. The van der Waals surface area contributed by atoms with Gasteiger partial charge in [0.05, 0.1) is 25.9 Å². The van der Waals surface area contributed by atoms with Crippen molar-refractivity contribution in [3.63, 3.8) is 0 Å². The van der Waals surface area contributed by atoms with Crippen LogP contribution >= 0.6 is 0 Å². The molecule has 18 heavy (non-hydrogen) atoms. The number of nitrogens with zero attached hydrogens (tertiary/aromatic N) is 1. The van der Waals surface area contributed by atoms with E-state index in [0.29, 0.717) is 0 Å². The molecule has 0 rings (SSSR count). The van der Waals surface area contributed by atoms with E-state index in [9.17, 15) is 19.2 Å². The normalized spacial score (nSPS) is 10.6. The fraction of sp³-hybridized carbons (Fsp3) is 0.556. The van der Waals surface area contributed by atoms with E-state index in [2.05, 4.69) is 0 Å². The molecule has 0 aromatic carbocycles. The molecular weight excluding hydrogens is 250 g/mol. The molecule has 102 valence electrons. The van der Waals surface area contributed by atoms with E-state index >= 15 is 0 Å². The third-order valence-electron chi connectivity index (χ3n) is 2.01. The summed E-state index contributed by atoms with van der Waals surface area (Å²) in [5.74, 6) is -5.39. The number of carboxylic acid groups (broad SMARTS) is 4. The van der Waals surface area contributed by atoms with Crippen molar-refractivity contribution in [2.24, 2.45) is 0 Å². The monoisotopic (exact) mass is 263 g/mol. The van der Waals surface area contributed by atoms with Crippen LogP contribution in [0.5, 0.6) is 0 Å². The predicted octanol–water partition coefficient (Wildman–Crippen LogP) is -1.22. The number of rotatable bonds is 9. The summed E-state index contributed by atoms with van der Waals surface area (Å²) in [6.45, 7) is -1.48. The Morgan fingerprint density at radius 1 is 0.722 bits per heavy atom. The lowest BCUT2D eigenvalue weighted by atomic mass is 10.1. The summed E-state index contributed by atoms with van der Waals surface area (Å²) in [4.78, 5) is 43.0. The SMILES string of the molecule is O=C(O)CC(CC(=O)O)N(CC(=O)O)CC(=O)O. The fourth-order valence-corrected chi connectivity index (χ4v) is 1.40. The van der Waals surface area contributed by atoms with Gasteiger partial charge in [-0.1, -0.05) is 0 Å². The maximum absolute atomic E-state index is 10.6. The Kier molecular flexibility index (Phi) is 6.35. The molecule has 0 unspecified atom stereocenters. The van der Waals surface area contributed by atoms with Crippen molar-refractivity contribution >= 4 is 23.9 Å². The molecule has 0 aliphatic rings. The summed E-state index contributed by atoms with van der Waals surface area (Å²) in [7, 11) is 0. The van der Waals surface area contributed by atoms with Gasteiger partial charge in [0.25, 0.3) is 0 Å². The minimum absolute atomic E-state index is 0.646. The molecule has 0 saturated carbocycles. The number of hydrogen-bond acceptors (Lipinski definition) is 5. The lowest BCUT2D eigenvalue weighted by Gasteiger charge is -2.26. The van der Waals surface area contributed by atoms with Crippen LogP contribution in [0.25, 0.3) is 0 Å². The van der Waals surface area contributed by atoms with Crippen LogP contribution in [-0.2, 0) is 19.2 Å². The molecule has 0 bridgehead atoms. The van der Waals surface area contributed by atoms with Gasteiger partial charge < -0.3 is 20.4 Å². The Hall–Kier alpha value is -2.16. The second kappa shape index (κ2) is 7.22. The van der Waals surface area contributed by atoms with Crippen molar-refractivity contribution in [2.75, 3.05) is 13.1 Å². The minimum atomic E-state index is -1.36. The standard InChI is InChI=1S/C9H13NO8/c11-6(12)1-5(2-7(13)14)10(3-8(15)16)4-9(17)18/h5H,1-4H2,(H,11,12)(H,13,14)(H,15,16)(H,17,18). The maximum atomic E-state index is 10.6. The Balaban J connectivity index is 4.90. The van der Waals surface area contributed by atoms with Crippen LogP contribution in [-0.4, -0.2) is 68.3 Å². The lowest BCUT2D eigenvalue weighted by Crippen LogP contribution is -2.44. The molecule has 0 radical (unpaired) electrons. The van der Waals surface area contributed by atoms with E-state index in [1.165, 1.54) is 0 Å². The molecule has 0 spiro atoms. The molecular formula is C9H13NO8. The van der Waals surface area contributed by atoms with Gasteiger partial charge in [-0.15, -0.1) is 0 Å². The van der Waals surface area contributed by atoms with Gasteiger partial charge in [-0.3, -0.25) is 24.1 Å². The molecule has 0 aromatic rings.